The molecule has 1 heterocycles. The SMILES string of the molecule is CCOC(=O)C1CCC(c2nc(Br)cs2)CC1. The molecule has 0 bridgehead atoms. The molecule has 0 saturated heterocycles. The summed E-state index contributed by atoms with van der Waals surface area (Å²) in [6, 6.07) is 0. The van der Waals surface area contributed by atoms with Crippen molar-refractivity contribution >= 4 is 33.2 Å². The maximum atomic E-state index is 11.6. The largest absolute Gasteiger partial charge is 0.466 e. The molecule has 0 aromatic carbocycles. The van der Waals surface area contributed by atoms with Crippen LogP contribution >= 0.6 is 27.3 Å². The summed E-state index contributed by atoms with van der Waals surface area (Å²) < 4.78 is 5.99. The number of aromatic nitrogens is 1. The molecule has 1 aromatic rings. The number of thiazole rings is 1. The molecule has 0 amide bonds. The lowest BCUT2D eigenvalue weighted by molar-refractivity contribution is -0.149. The Morgan fingerprint density at radius 2 is 2.24 bits per heavy atom. The van der Waals surface area contributed by atoms with Crippen molar-refractivity contribution in [2.24, 2.45) is 5.92 Å². The Hall–Kier alpha value is -0.420. The van der Waals surface area contributed by atoms with Gasteiger partial charge in [0, 0.05) is 11.3 Å². The molecule has 0 unspecified atom stereocenters. The quantitative estimate of drug-likeness (QED) is 0.797. The average molecular weight is 318 g/mol. The van der Waals surface area contributed by atoms with Crippen molar-refractivity contribution in [1.29, 1.82) is 0 Å². The zero-order valence-corrected chi connectivity index (χ0v) is 12.2. The fraction of sp³-hybridized carbons (Fsp3) is 0.667. The van der Waals surface area contributed by atoms with Crippen LogP contribution in [0.5, 0.6) is 0 Å². The van der Waals surface area contributed by atoms with E-state index in [9.17, 15) is 4.79 Å². The second-order valence-electron chi connectivity index (χ2n) is 4.31. The topological polar surface area (TPSA) is 39.2 Å². The van der Waals surface area contributed by atoms with Gasteiger partial charge in [0.2, 0.25) is 0 Å². The van der Waals surface area contributed by atoms with E-state index in [0.29, 0.717) is 12.5 Å². The molecule has 5 heteroatoms. The molecule has 94 valence electrons. The van der Waals surface area contributed by atoms with Crippen LogP contribution in [0.15, 0.2) is 9.98 Å². The second kappa shape index (κ2) is 5.96. The van der Waals surface area contributed by atoms with Crippen LogP contribution in [0.3, 0.4) is 0 Å². The Kier molecular flexibility index (Phi) is 4.56. The second-order valence-corrected chi connectivity index (χ2v) is 6.01. The van der Waals surface area contributed by atoms with Crippen molar-refractivity contribution < 1.29 is 9.53 Å². The number of esters is 1. The molecule has 1 aliphatic carbocycles. The first-order chi connectivity index (χ1) is 8.20. The normalized spacial score (nSPS) is 24.6. The van der Waals surface area contributed by atoms with Crippen molar-refractivity contribution in [2.45, 2.75) is 38.5 Å². The Bertz CT molecular complexity index is 386. The van der Waals surface area contributed by atoms with Gasteiger partial charge in [-0.15, -0.1) is 11.3 Å². The van der Waals surface area contributed by atoms with Gasteiger partial charge >= 0.3 is 5.97 Å². The number of ether oxygens (including phenoxy) is 1. The van der Waals surface area contributed by atoms with E-state index in [0.717, 1.165) is 30.3 Å². The maximum absolute atomic E-state index is 11.6. The molecule has 1 aliphatic rings. The summed E-state index contributed by atoms with van der Waals surface area (Å²) in [5.74, 6) is 0.609. The van der Waals surface area contributed by atoms with E-state index in [2.05, 4.69) is 20.9 Å². The summed E-state index contributed by atoms with van der Waals surface area (Å²) >= 11 is 5.08. The minimum atomic E-state index is -0.0220. The number of rotatable bonds is 3. The van der Waals surface area contributed by atoms with Crippen molar-refractivity contribution in [1.82, 2.24) is 4.98 Å². The van der Waals surface area contributed by atoms with Crippen molar-refractivity contribution in [2.75, 3.05) is 6.61 Å². The lowest BCUT2D eigenvalue weighted by Crippen LogP contribution is -2.23. The van der Waals surface area contributed by atoms with Crippen LogP contribution in [-0.4, -0.2) is 17.6 Å². The maximum Gasteiger partial charge on any atom is 0.308 e. The van der Waals surface area contributed by atoms with Gasteiger partial charge in [-0.25, -0.2) is 4.98 Å². The van der Waals surface area contributed by atoms with Gasteiger partial charge in [-0.05, 0) is 48.5 Å². The third kappa shape index (κ3) is 3.28. The summed E-state index contributed by atoms with van der Waals surface area (Å²) in [5.41, 5.74) is 0. The average Bonchev–Trinajstić information content (AvgIpc) is 2.76. The number of carbonyl (C=O) groups is 1. The highest BCUT2D eigenvalue weighted by atomic mass is 79.9. The lowest BCUT2D eigenvalue weighted by Gasteiger charge is -2.25. The molecule has 0 N–H and O–H groups in total. The lowest BCUT2D eigenvalue weighted by atomic mass is 9.82. The first-order valence-electron chi connectivity index (χ1n) is 5.98. The van der Waals surface area contributed by atoms with Gasteiger partial charge in [-0.2, -0.15) is 0 Å². The third-order valence-electron chi connectivity index (χ3n) is 3.19. The smallest absolute Gasteiger partial charge is 0.308 e. The molecule has 1 saturated carbocycles. The van der Waals surface area contributed by atoms with E-state index in [1.807, 2.05) is 12.3 Å². The zero-order valence-electron chi connectivity index (χ0n) is 9.82. The summed E-state index contributed by atoms with van der Waals surface area (Å²) in [4.78, 5) is 16.1. The minimum Gasteiger partial charge on any atom is -0.466 e. The van der Waals surface area contributed by atoms with Gasteiger partial charge in [0.15, 0.2) is 0 Å². The predicted octanol–water partition coefficient (Wildman–Crippen LogP) is 3.74. The van der Waals surface area contributed by atoms with Crippen LogP contribution in [0.1, 0.15) is 43.5 Å². The Morgan fingerprint density at radius 3 is 2.76 bits per heavy atom. The van der Waals surface area contributed by atoms with Gasteiger partial charge < -0.3 is 4.74 Å². The van der Waals surface area contributed by atoms with Gasteiger partial charge in [-0.1, -0.05) is 0 Å². The number of nitrogens with zero attached hydrogens (tertiary/aromatic N) is 1. The molecule has 1 aromatic heterocycles. The van der Waals surface area contributed by atoms with Crippen molar-refractivity contribution in [3.05, 3.63) is 15.0 Å². The number of carbonyl (C=O) groups excluding carboxylic acids is 1. The Balaban J connectivity index is 1.88. The van der Waals surface area contributed by atoms with E-state index in [-0.39, 0.29) is 11.9 Å². The fourth-order valence-electron chi connectivity index (χ4n) is 2.29. The van der Waals surface area contributed by atoms with E-state index in [4.69, 9.17) is 4.74 Å². The number of hydrogen-bond acceptors (Lipinski definition) is 4. The monoisotopic (exact) mass is 317 g/mol. The first-order valence-corrected chi connectivity index (χ1v) is 7.65. The van der Waals surface area contributed by atoms with E-state index >= 15 is 0 Å². The van der Waals surface area contributed by atoms with E-state index in [1.54, 1.807) is 11.3 Å². The highest BCUT2D eigenvalue weighted by Crippen LogP contribution is 2.37. The van der Waals surface area contributed by atoms with Gasteiger partial charge in [-0.3, -0.25) is 4.79 Å². The van der Waals surface area contributed by atoms with E-state index < -0.39 is 0 Å². The zero-order chi connectivity index (χ0) is 12.3. The molecular formula is C12H16BrNO2S. The van der Waals surface area contributed by atoms with Crippen LogP contribution in [0.2, 0.25) is 0 Å². The summed E-state index contributed by atoms with van der Waals surface area (Å²) in [6.45, 7) is 2.34. The molecule has 2 rings (SSSR count). The van der Waals surface area contributed by atoms with Gasteiger partial charge in [0.1, 0.15) is 4.60 Å². The predicted molar refractivity (Wildman–Crippen MR) is 71.1 cm³/mol. The molecule has 0 spiro atoms. The third-order valence-corrected chi connectivity index (χ3v) is 4.91. The van der Waals surface area contributed by atoms with Gasteiger partial charge in [0.25, 0.3) is 0 Å². The van der Waals surface area contributed by atoms with Crippen LogP contribution in [-0.2, 0) is 9.53 Å². The first kappa shape index (κ1) is 13.0. The minimum absolute atomic E-state index is 0.0220. The fourth-order valence-corrected chi connectivity index (χ4v) is 3.73. The Labute approximate surface area is 114 Å². The molecular weight excluding hydrogens is 302 g/mol. The molecule has 0 aliphatic heterocycles. The van der Waals surface area contributed by atoms with Crippen molar-refractivity contribution in [3.63, 3.8) is 0 Å². The molecule has 3 nitrogen and oxygen atoms in total. The van der Waals surface area contributed by atoms with Crippen molar-refractivity contribution in [3.8, 4) is 0 Å². The van der Waals surface area contributed by atoms with Crippen LogP contribution < -0.4 is 0 Å². The standard InChI is InChI=1S/C12H16BrNO2S/c1-2-16-12(15)9-5-3-8(4-6-9)11-14-10(13)7-17-11/h7-9H,2-6H2,1H3. The number of halogens is 1. The Morgan fingerprint density at radius 1 is 1.53 bits per heavy atom. The van der Waals surface area contributed by atoms with Crippen LogP contribution in [0, 0.1) is 5.92 Å². The van der Waals surface area contributed by atoms with Crippen LogP contribution in [0.4, 0.5) is 0 Å². The number of hydrogen-bond donors (Lipinski definition) is 0. The van der Waals surface area contributed by atoms with Crippen LogP contribution in [0.25, 0.3) is 0 Å². The highest BCUT2D eigenvalue weighted by molar-refractivity contribution is 9.10. The molecule has 0 radical (unpaired) electrons. The molecule has 17 heavy (non-hydrogen) atoms. The summed E-state index contributed by atoms with van der Waals surface area (Å²) in [7, 11) is 0. The molecule has 0 atom stereocenters. The molecule has 1 fully saturated rings. The van der Waals surface area contributed by atoms with Gasteiger partial charge in [0.05, 0.1) is 17.5 Å². The summed E-state index contributed by atoms with van der Waals surface area (Å²) in [6.07, 6.45) is 3.95. The summed E-state index contributed by atoms with van der Waals surface area (Å²) in [5, 5.41) is 3.21. The highest BCUT2D eigenvalue weighted by Gasteiger charge is 2.29. The van der Waals surface area contributed by atoms with E-state index in [1.165, 1.54) is 5.01 Å².